The van der Waals surface area contributed by atoms with Crippen molar-refractivity contribution in [2.45, 2.75) is 20.0 Å². The average molecular weight is 388 g/mol. The number of oxime groups is 1. The van der Waals surface area contributed by atoms with Gasteiger partial charge >= 0.3 is 6.09 Å². The molecule has 0 saturated carbocycles. The predicted molar refractivity (Wildman–Crippen MR) is 101 cm³/mol. The molecule has 0 unspecified atom stereocenters. The van der Waals surface area contributed by atoms with Gasteiger partial charge in [0.25, 0.3) is 0 Å². The molecule has 0 aliphatic carbocycles. The maximum atomic E-state index is 14.7. The number of nitrogens with zero attached hydrogens (tertiary/aromatic N) is 3. The number of hydrogen-bond donors (Lipinski definition) is 1. The zero-order chi connectivity index (χ0) is 20.3. The second-order valence-corrected chi connectivity index (χ2v) is 6.36. The van der Waals surface area contributed by atoms with Crippen LogP contribution in [0.4, 0.5) is 14.9 Å². The van der Waals surface area contributed by atoms with Gasteiger partial charge in [0.15, 0.2) is 0 Å². The van der Waals surface area contributed by atoms with Gasteiger partial charge in [-0.05, 0) is 31.2 Å². The number of nitrogens with one attached hydrogen (secondary N) is 1. The molecule has 1 aliphatic rings. The van der Waals surface area contributed by atoms with E-state index in [0.717, 1.165) is 5.56 Å². The number of cyclic esters (lactones) is 1. The fourth-order valence-corrected chi connectivity index (χ4v) is 2.92. The van der Waals surface area contributed by atoms with E-state index in [-0.39, 0.29) is 19.0 Å². The van der Waals surface area contributed by atoms with Crippen molar-refractivity contribution < 1.29 is 23.6 Å². The molecule has 0 spiro atoms. The molecule has 2 amide bonds. The van der Waals surface area contributed by atoms with Crippen molar-refractivity contribution in [1.82, 2.24) is 9.88 Å². The van der Waals surface area contributed by atoms with E-state index >= 15 is 0 Å². The molecule has 1 atom stereocenters. The van der Waals surface area contributed by atoms with Crippen LogP contribution in [-0.4, -0.2) is 48.6 Å². The van der Waals surface area contributed by atoms with Crippen molar-refractivity contribution >= 4 is 23.4 Å². The molecular weight excluding hydrogens is 367 g/mol. The number of aromatic nitrogens is 1. The molecular formula is C19H21FN4O4. The summed E-state index contributed by atoms with van der Waals surface area (Å²) < 4.78 is 21.5. The highest BCUT2D eigenvalue weighted by Crippen LogP contribution is 2.26. The standard InChI is InChI=1S/C19H21FN4O4/c1-12(22-27-3)14-6-7-23(10-14)18-5-4-15(8-17(18)20)24-11-16(28-19(24)26)9-21-13(2)25/h4-8,10,16H,9,11H2,1-3H3,(H,21,25)/b22-12+/t16-/m0/s1. The number of amides is 2. The van der Waals surface area contributed by atoms with Crippen LogP contribution in [0.25, 0.3) is 5.69 Å². The van der Waals surface area contributed by atoms with Crippen LogP contribution in [0, 0.1) is 5.82 Å². The Balaban J connectivity index is 1.77. The summed E-state index contributed by atoms with van der Waals surface area (Å²) in [5.74, 6) is -0.694. The predicted octanol–water partition coefficient (Wildman–Crippen LogP) is 2.45. The zero-order valence-corrected chi connectivity index (χ0v) is 15.8. The number of hydrogen-bond acceptors (Lipinski definition) is 5. The molecule has 1 aromatic heterocycles. The van der Waals surface area contributed by atoms with Crippen molar-refractivity contribution in [2.24, 2.45) is 5.16 Å². The van der Waals surface area contributed by atoms with Crippen molar-refractivity contribution in [3.8, 4) is 5.69 Å². The number of anilines is 1. The Morgan fingerprint density at radius 1 is 1.39 bits per heavy atom. The third kappa shape index (κ3) is 4.13. The topological polar surface area (TPSA) is 85.2 Å². The quantitative estimate of drug-likeness (QED) is 0.608. The van der Waals surface area contributed by atoms with Crippen molar-refractivity contribution in [3.05, 3.63) is 48.0 Å². The summed E-state index contributed by atoms with van der Waals surface area (Å²) in [6, 6.07) is 6.32. The Bertz CT molecular complexity index is 924. The summed E-state index contributed by atoms with van der Waals surface area (Å²) in [6.07, 6.45) is 2.41. The van der Waals surface area contributed by atoms with E-state index in [1.807, 2.05) is 0 Å². The largest absolute Gasteiger partial charge is 0.442 e. The molecule has 8 nitrogen and oxygen atoms in total. The molecule has 1 saturated heterocycles. The van der Waals surface area contributed by atoms with Crippen LogP contribution in [0.5, 0.6) is 0 Å². The van der Waals surface area contributed by atoms with Crippen LogP contribution in [0.2, 0.25) is 0 Å². The van der Waals surface area contributed by atoms with Crippen LogP contribution in [0.15, 0.2) is 41.8 Å². The Hall–Kier alpha value is -3.36. The highest BCUT2D eigenvalue weighted by molar-refractivity contribution is 5.98. The molecule has 0 radical (unpaired) electrons. The van der Waals surface area contributed by atoms with Crippen molar-refractivity contribution in [3.63, 3.8) is 0 Å². The van der Waals surface area contributed by atoms with Crippen LogP contribution in [-0.2, 0) is 14.4 Å². The van der Waals surface area contributed by atoms with Gasteiger partial charge in [-0.25, -0.2) is 9.18 Å². The van der Waals surface area contributed by atoms with Crippen molar-refractivity contribution in [2.75, 3.05) is 25.1 Å². The third-order valence-electron chi connectivity index (χ3n) is 4.31. The van der Waals surface area contributed by atoms with Crippen molar-refractivity contribution in [1.29, 1.82) is 0 Å². The first-order valence-corrected chi connectivity index (χ1v) is 8.67. The molecule has 2 heterocycles. The summed E-state index contributed by atoms with van der Waals surface area (Å²) in [6.45, 7) is 3.63. The van der Waals surface area contributed by atoms with E-state index in [4.69, 9.17) is 9.57 Å². The number of rotatable bonds is 6. The summed E-state index contributed by atoms with van der Waals surface area (Å²) in [7, 11) is 1.46. The van der Waals surface area contributed by atoms with Crippen LogP contribution in [0.3, 0.4) is 0 Å². The minimum absolute atomic E-state index is 0.207. The Kier molecular flexibility index (Phi) is 5.62. The number of carbonyl (C=O) groups is 2. The summed E-state index contributed by atoms with van der Waals surface area (Å²) in [5, 5.41) is 6.46. The fraction of sp³-hybridized carbons (Fsp3) is 0.316. The third-order valence-corrected chi connectivity index (χ3v) is 4.31. The second kappa shape index (κ2) is 8.12. The number of carbonyl (C=O) groups excluding carboxylic acids is 2. The first kappa shape index (κ1) is 19.4. The lowest BCUT2D eigenvalue weighted by Gasteiger charge is -2.14. The summed E-state index contributed by atoms with van der Waals surface area (Å²) >= 11 is 0. The molecule has 1 aliphatic heterocycles. The number of ether oxygens (including phenoxy) is 1. The Morgan fingerprint density at radius 3 is 2.86 bits per heavy atom. The number of benzene rings is 1. The lowest BCUT2D eigenvalue weighted by Crippen LogP contribution is -2.33. The molecule has 1 N–H and O–H groups in total. The van der Waals surface area contributed by atoms with Crippen LogP contribution >= 0.6 is 0 Å². The van der Waals surface area contributed by atoms with Gasteiger partial charge in [0.05, 0.1) is 30.2 Å². The highest BCUT2D eigenvalue weighted by atomic mass is 19.1. The van der Waals surface area contributed by atoms with Gasteiger partial charge in [-0.15, -0.1) is 0 Å². The SMILES string of the molecule is CO/N=C(\C)c1ccn(-c2ccc(N3C[C@H](CNC(C)=O)OC3=O)cc2F)c1. The summed E-state index contributed by atoms with van der Waals surface area (Å²) in [5.41, 5.74) is 2.20. The van der Waals surface area contributed by atoms with Gasteiger partial charge < -0.3 is 19.5 Å². The van der Waals surface area contributed by atoms with Gasteiger partial charge in [0.1, 0.15) is 19.0 Å². The molecule has 1 fully saturated rings. The molecule has 0 bridgehead atoms. The maximum absolute atomic E-state index is 14.7. The lowest BCUT2D eigenvalue weighted by atomic mass is 10.2. The Morgan fingerprint density at radius 2 is 2.18 bits per heavy atom. The molecule has 28 heavy (non-hydrogen) atoms. The average Bonchev–Trinajstić information content (AvgIpc) is 3.27. The van der Waals surface area contributed by atoms with Gasteiger partial charge in [-0.1, -0.05) is 5.16 Å². The normalized spacial score (nSPS) is 16.9. The molecule has 148 valence electrons. The first-order valence-electron chi connectivity index (χ1n) is 8.67. The smallest absolute Gasteiger partial charge is 0.414 e. The molecule has 1 aromatic carbocycles. The maximum Gasteiger partial charge on any atom is 0.414 e. The highest BCUT2D eigenvalue weighted by Gasteiger charge is 2.32. The minimum Gasteiger partial charge on any atom is -0.442 e. The van der Waals surface area contributed by atoms with E-state index in [9.17, 15) is 14.0 Å². The number of halogens is 1. The second-order valence-electron chi connectivity index (χ2n) is 6.36. The van der Waals surface area contributed by atoms with E-state index in [0.29, 0.717) is 17.1 Å². The van der Waals surface area contributed by atoms with Gasteiger partial charge in [-0.2, -0.15) is 0 Å². The van der Waals surface area contributed by atoms with Gasteiger partial charge in [0, 0.05) is 24.9 Å². The van der Waals surface area contributed by atoms with Crippen LogP contribution in [0.1, 0.15) is 19.4 Å². The van der Waals surface area contributed by atoms with E-state index in [1.165, 1.54) is 25.0 Å². The van der Waals surface area contributed by atoms with Gasteiger partial charge in [-0.3, -0.25) is 9.69 Å². The fourth-order valence-electron chi connectivity index (χ4n) is 2.92. The van der Waals surface area contributed by atoms with Crippen LogP contribution < -0.4 is 10.2 Å². The van der Waals surface area contributed by atoms with E-state index < -0.39 is 18.0 Å². The van der Waals surface area contributed by atoms with E-state index in [1.54, 1.807) is 42.1 Å². The molecule has 2 aromatic rings. The molecule has 9 heteroatoms. The van der Waals surface area contributed by atoms with Gasteiger partial charge in [0.2, 0.25) is 5.91 Å². The Labute approximate surface area is 161 Å². The monoisotopic (exact) mass is 388 g/mol. The lowest BCUT2D eigenvalue weighted by molar-refractivity contribution is -0.119. The zero-order valence-electron chi connectivity index (χ0n) is 15.8. The first-order chi connectivity index (χ1) is 13.4. The summed E-state index contributed by atoms with van der Waals surface area (Å²) in [4.78, 5) is 29.2. The minimum atomic E-state index is -0.572. The van der Waals surface area contributed by atoms with E-state index in [2.05, 4.69) is 10.5 Å². The molecule has 3 rings (SSSR count).